The van der Waals surface area contributed by atoms with Crippen molar-refractivity contribution in [2.75, 3.05) is 11.9 Å². The molecule has 0 aromatic heterocycles. The van der Waals surface area contributed by atoms with Crippen molar-refractivity contribution in [1.82, 2.24) is 0 Å². The highest BCUT2D eigenvalue weighted by atomic mass is 16.5. The first-order valence-corrected chi connectivity index (χ1v) is 7.22. The van der Waals surface area contributed by atoms with E-state index in [1.54, 1.807) is 0 Å². The van der Waals surface area contributed by atoms with Crippen LogP contribution in [0.5, 0.6) is 0 Å². The third-order valence-corrected chi connectivity index (χ3v) is 4.02. The van der Waals surface area contributed by atoms with Gasteiger partial charge in [-0.05, 0) is 37.3 Å². The first-order chi connectivity index (χ1) is 9.56. The Kier molecular flexibility index (Phi) is 4.83. The number of nitrogens with one attached hydrogen (secondary N) is 1. The lowest BCUT2D eigenvalue weighted by atomic mass is 9.75. The highest BCUT2D eigenvalue weighted by molar-refractivity contribution is 5.84. The van der Waals surface area contributed by atoms with E-state index in [2.05, 4.69) is 32.2 Å². The molecular formula is C17H23NO2. The van der Waals surface area contributed by atoms with E-state index in [1.165, 1.54) is 5.57 Å². The third-order valence-electron chi connectivity index (χ3n) is 4.02. The van der Waals surface area contributed by atoms with Gasteiger partial charge in [0.2, 0.25) is 0 Å². The maximum absolute atomic E-state index is 11.8. The number of rotatable bonds is 3. The molecule has 1 amide bonds. The molecule has 1 aliphatic carbocycles. The SMILES string of the molecule is CC1=CC(C)C(COC(=O)Nc2ccccc2)C(C)C1. The van der Waals surface area contributed by atoms with Crippen molar-refractivity contribution < 1.29 is 9.53 Å². The number of amides is 1. The largest absolute Gasteiger partial charge is 0.449 e. The molecule has 0 aliphatic heterocycles. The van der Waals surface area contributed by atoms with E-state index in [4.69, 9.17) is 4.74 Å². The first kappa shape index (κ1) is 14.6. The van der Waals surface area contributed by atoms with E-state index in [9.17, 15) is 4.79 Å². The molecule has 0 radical (unpaired) electrons. The van der Waals surface area contributed by atoms with E-state index < -0.39 is 0 Å². The fraction of sp³-hybridized carbons (Fsp3) is 0.471. The van der Waals surface area contributed by atoms with Crippen molar-refractivity contribution in [1.29, 1.82) is 0 Å². The molecule has 3 atom stereocenters. The Morgan fingerprint density at radius 1 is 1.30 bits per heavy atom. The van der Waals surface area contributed by atoms with Gasteiger partial charge in [0.15, 0.2) is 0 Å². The Labute approximate surface area is 121 Å². The van der Waals surface area contributed by atoms with Gasteiger partial charge in [-0.3, -0.25) is 5.32 Å². The summed E-state index contributed by atoms with van der Waals surface area (Å²) in [4.78, 5) is 11.8. The second-order valence-electron chi connectivity index (χ2n) is 5.81. The van der Waals surface area contributed by atoms with Crippen LogP contribution in [0.4, 0.5) is 10.5 Å². The van der Waals surface area contributed by atoms with E-state index in [1.807, 2.05) is 30.3 Å². The van der Waals surface area contributed by atoms with E-state index >= 15 is 0 Å². The van der Waals surface area contributed by atoms with Gasteiger partial charge < -0.3 is 4.74 Å². The second kappa shape index (κ2) is 6.60. The summed E-state index contributed by atoms with van der Waals surface area (Å²) in [7, 11) is 0. The molecule has 0 bridgehead atoms. The van der Waals surface area contributed by atoms with Crippen LogP contribution in [0.2, 0.25) is 0 Å². The molecule has 2 rings (SSSR count). The summed E-state index contributed by atoms with van der Waals surface area (Å²) in [6.07, 6.45) is 3.02. The van der Waals surface area contributed by atoms with Gasteiger partial charge in [-0.1, -0.05) is 43.7 Å². The molecule has 0 spiro atoms. The van der Waals surface area contributed by atoms with Gasteiger partial charge in [-0.25, -0.2) is 4.79 Å². The molecule has 3 heteroatoms. The number of anilines is 1. The highest BCUT2D eigenvalue weighted by Crippen LogP contribution is 2.33. The van der Waals surface area contributed by atoms with Crippen LogP contribution in [0.15, 0.2) is 42.0 Å². The topological polar surface area (TPSA) is 38.3 Å². The maximum Gasteiger partial charge on any atom is 0.411 e. The quantitative estimate of drug-likeness (QED) is 0.825. The van der Waals surface area contributed by atoms with Gasteiger partial charge >= 0.3 is 6.09 Å². The summed E-state index contributed by atoms with van der Waals surface area (Å²) in [6.45, 7) is 7.08. The second-order valence-corrected chi connectivity index (χ2v) is 5.81. The van der Waals surface area contributed by atoms with E-state index in [0.29, 0.717) is 24.4 Å². The van der Waals surface area contributed by atoms with Crippen LogP contribution >= 0.6 is 0 Å². The average molecular weight is 273 g/mol. The van der Waals surface area contributed by atoms with Crippen LogP contribution < -0.4 is 5.32 Å². The molecule has 1 aromatic rings. The van der Waals surface area contributed by atoms with Gasteiger partial charge in [0.1, 0.15) is 0 Å². The summed E-state index contributed by atoms with van der Waals surface area (Å²) in [5, 5.41) is 2.74. The number of ether oxygens (including phenoxy) is 1. The molecule has 0 saturated carbocycles. The molecule has 3 nitrogen and oxygen atoms in total. The molecule has 108 valence electrons. The number of hydrogen-bond donors (Lipinski definition) is 1. The normalized spacial score (nSPS) is 25.8. The molecule has 20 heavy (non-hydrogen) atoms. The van der Waals surface area contributed by atoms with Gasteiger partial charge in [0.05, 0.1) is 6.61 Å². The fourth-order valence-corrected chi connectivity index (χ4v) is 2.98. The number of allylic oxidation sites excluding steroid dienone is 2. The van der Waals surface area contributed by atoms with Crippen LogP contribution in [0.25, 0.3) is 0 Å². The zero-order valence-corrected chi connectivity index (χ0v) is 12.4. The Morgan fingerprint density at radius 3 is 2.65 bits per heavy atom. The summed E-state index contributed by atoms with van der Waals surface area (Å²) < 4.78 is 5.38. The van der Waals surface area contributed by atoms with Crippen LogP contribution in [-0.2, 0) is 4.74 Å². The summed E-state index contributed by atoms with van der Waals surface area (Å²) in [6, 6.07) is 9.37. The predicted molar refractivity (Wildman–Crippen MR) is 81.6 cm³/mol. The molecular weight excluding hydrogens is 250 g/mol. The van der Waals surface area contributed by atoms with Gasteiger partial charge in [-0.15, -0.1) is 0 Å². The minimum atomic E-state index is -0.373. The summed E-state index contributed by atoms with van der Waals surface area (Å²) >= 11 is 0. The lowest BCUT2D eigenvalue weighted by Crippen LogP contribution is -2.29. The number of hydrogen-bond acceptors (Lipinski definition) is 2. The molecule has 1 aromatic carbocycles. The average Bonchev–Trinajstić information content (AvgIpc) is 2.38. The van der Waals surface area contributed by atoms with Crippen molar-refractivity contribution in [3.05, 3.63) is 42.0 Å². The van der Waals surface area contributed by atoms with Crippen LogP contribution in [0, 0.1) is 17.8 Å². The Balaban J connectivity index is 1.84. The van der Waals surface area contributed by atoms with Crippen LogP contribution in [0.3, 0.4) is 0 Å². The van der Waals surface area contributed by atoms with Crippen molar-refractivity contribution in [3.63, 3.8) is 0 Å². The standard InChI is InChI=1S/C17H23NO2/c1-12-9-13(2)16(14(3)10-12)11-20-17(19)18-15-7-5-4-6-8-15/h4-9,13-14,16H,10-11H2,1-3H3,(H,18,19). The zero-order chi connectivity index (χ0) is 14.5. The molecule has 0 saturated heterocycles. The monoisotopic (exact) mass is 273 g/mol. The Morgan fingerprint density at radius 2 is 2.00 bits per heavy atom. The van der Waals surface area contributed by atoms with Crippen LogP contribution in [-0.4, -0.2) is 12.7 Å². The van der Waals surface area contributed by atoms with E-state index in [-0.39, 0.29) is 6.09 Å². The van der Waals surface area contributed by atoms with Crippen molar-refractivity contribution >= 4 is 11.8 Å². The zero-order valence-electron chi connectivity index (χ0n) is 12.4. The van der Waals surface area contributed by atoms with Crippen molar-refractivity contribution in [2.24, 2.45) is 17.8 Å². The number of carbonyl (C=O) groups is 1. The number of benzene rings is 1. The van der Waals surface area contributed by atoms with Crippen molar-refractivity contribution in [3.8, 4) is 0 Å². The lowest BCUT2D eigenvalue weighted by Gasteiger charge is -2.32. The van der Waals surface area contributed by atoms with Crippen LogP contribution in [0.1, 0.15) is 27.2 Å². The summed E-state index contributed by atoms with van der Waals surface area (Å²) in [5.74, 6) is 1.42. The Hall–Kier alpha value is -1.77. The molecule has 1 aliphatic rings. The maximum atomic E-state index is 11.8. The summed E-state index contributed by atoms with van der Waals surface area (Å²) in [5.41, 5.74) is 2.20. The Bertz CT molecular complexity index is 481. The number of carbonyl (C=O) groups excluding carboxylic acids is 1. The molecule has 0 fully saturated rings. The van der Waals surface area contributed by atoms with Gasteiger partial charge in [0, 0.05) is 11.6 Å². The fourth-order valence-electron chi connectivity index (χ4n) is 2.98. The lowest BCUT2D eigenvalue weighted by molar-refractivity contribution is 0.106. The first-order valence-electron chi connectivity index (χ1n) is 7.22. The highest BCUT2D eigenvalue weighted by Gasteiger charge is 2.27. The number of para-hydroxylation sites is 1. The minimum absolute atomic E-state index is 0.373. The minimum Gasteiger partial charge on any atom is -0.449 e. The molecule has 3 unspecified atom stereocenters. The smallest absolute Gasteiger partial charge is 0.411 e. The third kappa shape index (κ3) is 3.86. The van der Waals surface area contributed by atoms with Crippen molar-refractivity contribution in [2.45, 2.75) is 27.2 Å². The van der Waals surface area contributed by atoms with E-state index in [0.717, 1.165) is 12.1 Å². The van der Waals surface area contributed by atoms with Gasteiger partial charge in [-0.2, -0.15) is 0 Å². The predicted octanol–water partition coefficient (Wildman–Crippen LogP) is 4.47. The molecule has 1 N–H and O–H groups in total. The molecule has 0 heterocycles. The van der Waals surface area contributed by atoms with Gasteiger partial charge in [0.25, 0.3) is 0 Å².